The number of rotatable bonds is 5. The third-order valence-corrected chi connectivity index (χ3v) is 6.01. The highest BCUT2D eigenvalue weighted by Crippen LogP contribution is 2.33. The summed E-state index contributed by atoms with van der Waals surface area (Å²) in [5.41, 5.74) is 4.38. The van der Waals surface area contributed by atoms with Crippen molar-refractivity contribution in [3.63, 3.8) is 0 Å². The van der Waals surface area contributed by atoms with Gasteiger partial charge in [-0.2, -0.15) is 0 Å². The lowest BCUT2D eigenvalue weighted by atomic mass is 9.82. The smallest absolute Gasteiger partial charge is 0.202 e. The molecule has 0 bridgehead atoms. The molecule has 3 aromatic carbocycles. The Morgan fingerprint density at radius 2 is 1.79 bits per heavy atom. The Labute approximate surface area is 166 Å². The highest BCUT2D eigenvalue weighted by molar-refractivity contribution is 5.84. The minimum atomic E-state index is 0.0747. The second kappa shape index (κ2) is 6.97. The van der Waals surface area contributed by atoms with Crippen LogP contribution in [0.5, 0.6) is 5.75 Å². The molecule has 4 aromatic rings. The van der Waals surface area contributed by atoms with E-state index >= 15 is 0 Å². The molecule has 4 rings (SSSR count). The summed E-state index contributed by atoms with van der Waals surface area (Å²) in [6.07, 6.45) is 1.08. The molecule has 0 N–H and O–H groups in total. The third-order valence-electron chi connectivity index (χ3n) is 6.01. The summed E-state index contributed by atoms with van der Waals surface area (Å²) in [7, 11) is 1.69. The van der Waals surface area contributed by atoms with E-state index in [2.05, 4.69) is 76.2 Å². The number of hydrogen-bond acceptors (Lipinski definition) is 3. The van der Waals surface area contributed by atoms with E-state index in [0.717, 1.165) is 34.5 Å². The van der Waals surface area contributed by atoms with Crippen LogP contribution in [0.4, 0.5) is 0 Å². The summed E-state index contributed by atoms with van der Waals surface area (Å²) in [5, 5.41) is 2.35. The van der Waals surface area contributed by atoms with Crippen LogP contribution in [-0.4, -0.2) is 12.1 Å². The largest absolute Gasteiger partial charge is 0.497 e. The first-order valence-electron chi connectivity index (χ1n) is 9.90. The number of oxazole rings is 1. The van der Waals surface area contributed by atoms with Crippen LogP contribution in [0.25, 0.3) is 21.9 Å². The fourth-order valence-corrected chi connectivity index (χ4v) is 3.53. The number of benzene rings is 3. The Balaban J connectivity index is 1.72. The van der Waals surface area contributed by atoms with Gasteiger partial charge in [-0.3, -0.25) is 0 Å². The second-order valence-corrected chi connectivity index (χ2v) is 8.17. The highest BCUT2D eigenvalue weighted by atomic mass is 16.5. The Hall–Kier alpha value is -2.81. The van der Waals surface area contributed by atoms with E-state index in [-0.39, 0.29) is 11.3 Å². The molecule has 0 aliphatic carbocycles. The van der Waals surface area contributed by atoms with E-state index in [1.807, 2.05) is 6.07 Å². The van der Waals surface area contributed by atoms with E-state index in [0.29, 0.717) is 0 Å². The molecule has 1 unspecified atom stereocenters. The summed E-state index contributed by atoms with van der Waals surface area (Å²) in [5.74, 6) is 1.69. The van der Waals surface area contributed by atoms with Gasteiger partial charge in [0.15, 0.2) is 5.58 Å². The lowest BCUT2D eigenvalue weighted by Crippen LogP contribution is -2.14. The van der Waals surface area contributed by atoms with Crippen LogP contribution in [0.15, 0.2) is 59.0 Å². The van der Waals surface area contributed by atoms with Crippen molar-refractivity contribution >= 4 is 21.9 Å². The van der Waals surface area contributed by atoms with E-state index < -0.39 is 0 Å². The molecule has 0 saturated heterocycles. The molecule has 3 heteroatoms. The van der Waals surface area contributed by atoms with Crippen molar-refractivity contribution < 1.29 is 9.15 Å². The predicted octanol–water partition coefficient (Wildman–Crippen LogP) is 6.83. The topological polar surface area (TPSA) is 35.3 Å². The molecule has 0 amide bonds. The maximum absolute atomic E-state index is 6.19. The van der Waals surface area contributed by atoms with Gasteiger partial charge in [-0.25, -0.2) is 4.98 Å². The highest BCUT2D eigenvalue weighted by Gasteiger charge is 2.21. The first kappa shape index (κ1) is 18.5. The molecule has 0 aliphatic heterocycles. The zero-order valence-electron chi connectivity index (χ0n) is 17.2. The van der Waals surface area contributed by atoms with Gasteiger partial charge in [0.1, 0.15) is 11.3 Å². The number of ether oxygens (including phenoxy) is 1. The second-order valence-electron chi connectivity index (χ2n) is 8.17. The molecule has 1 heterocycles. The standard InChI is InChI=1S/C25H27NO2/c1-6-25(3,4)20-10-12-22-23(15-20)28-24(26-22)16(2)18-8-7-17-9-11-21(27-5)14-19(17)13-18/h7-16H,6H2,1-5H3. The van der Waals surface area contributed by atoms with Gasteiger partial charge >= 0.3 is 0 Å². The van der Waals surface area contributed by atoms with Crippen LogP contribution >= 0.6 is 0 Å². The van der Waals surface area contributed by atoms with Crippen molar-refractivity contribution in [1.29, 1.82) is 0 Å². The molecule has 1 aromatic heterocycles. The summed E-state index contributed by atoms with van der Waals surface area (Å²) in [6.45, 7) is 8.88. The fourth-order valence-electron chi connectivity index (χ4n) is 3.53. The van der Waals surface area contributed by atoms with Gasteiger partial charge in [-0.1, -0.05) is 51.1 Å². The minimum absolute atomic E-state index is 0.0747. The van der Waals surface area contributed by atoms with E-state index in [1.54, 1.807) is 7.11 Å². The summed E-state index contributed by atoms with van der Waals surface area (Å²) < 4.78 is 11.5. The zero-order valence-corrected chi connectivity index (χ0v) is 17.2. The van der Waals surface area contributed by atoms with Crippen molar-refractivity contribution in [2.75, 3.05) is 7.11 Å². The van der Waals surface area contributed by atoms with Crippen molar-refractivity contribution in [3.05, 3.63) is 71.6 Å². The Kier molecular flexibility index (Phi) is 4.62. The van der Waals surface area contributed by atoms with Gasteiger partial charge in [0.2, 0.25) is 5.89 Å². The van der Waals surface area contributed by atoms with Crippen molar-refractivity contribution in [3.8, 4) is 5.75 Å². The van der Waals surface area contributed by atoms with Gasteiger partial charge < -0.3 is 9.15 Å². The summed E-state index contributed by atoms with van der Waals surface area (Å²) in [4.78, 5) is 4.76. The Morgan fingerprint density at radius 3 is 2.54 bits per heavy atom. The summed E-state index contributed by atoms with van der Waals surface area (Å²) in [6, 6.07) is 19.0. The van der Waals surface area contributed by atoms with Gasteiger partial charge in [-0.15, -0.1) is 0 Å². The quantitative estimate of drug-likeness (QED) is 0.384. The van der Waals surface area contributed by atoms with Crippen LogP contribution in [0, 0.1) is 0 Å². The molecule has 3 nitrogen and oxygen atoms in total. The van der Waals surface area contributed by atoms with Crippen molar-refractivity contribution in [2.24, 2.45) is 0 Å². The maximum atomic E-state index is 6.19. The van der Waals surface area contributed by atoms with Gasteiger partial charge in [-0.05, 0) is 64.9 Å². The Morgan fingerprint density at radius 1 is 1.00 bits per heavy atom. The van der Waals surface area contributed by atoms with E-state index in [9.17, 15) is 0 Å². The van der Waals surface area contributed by atoms with Crippen molar-refractivity contribution in [1.82, 2.24) is 4.98 Å². The van der Waals surface area contributed by atoms with Crippen LogP contribution in [-0.2, 0) is 5.41 Å². The molecule has 0 fully saturated rings. The number of fused-ring (bicyclic) bond motifs is 2. The first-order chi connectivity index (χ1) is 13.4. The monoisotopic (exact) mass is 373 g/mol. The molecule has 0 saturated carbocycles. The minimum Gasteiger partial charge on any atom is -0.497 e. The molecular weight excluding hydrogens is 346 g/mol. The summed E-state index contributed by atoms with van der Waals surface area (Å²) >= 11 is 0. The molecule has 144 valence electrons. The van der Waals surface area contributed by atoms with Crippen LogP contribution < -0.4 is 4.74 Å². The lowest BCUT2D eigenvalue weighted by molar-refractivity contribution is 0.415. The first-order valence-corrected chi connectivity index (χ1v) is 9.90. The van der Waals surface area contributed by atoms with Gasteiger partial charge in [0, 0.05) is 0 Å². The fraction of sp³-hybridized carbons (Fsp3) is 0.320. The number of aromatic nitrogens is 1. The molecule has 0 radical (unpaired) electrons. The van der Waals surface area contributed by atoms with E-state index in [1.165, 1.54) is 16.5 Å². The number of methoxy groups -OCH3 is 1. The normalized spacial score (nSPS) is 13.2. The van der Waals surface area contributed by atoms with Crippen LogP contribution in [0.1, 0.15) is 57.1 Å². The Bertz CT molecular complexity index is 1140. The maximum Gasteiger partial charge on any atom is 0.202 e. The van der Waals surface area contributed by atoms with Gasteiger partial charge in [0.25, 0.3) is 0 Å². The number of nitrogens with zero attached hydrogens (tertiary/aromatic N) is 1. The van der Waals surface area contributed by atoms with Crippen LogP contribution in [0.2, 0.25) is 0 Å². The molecule has 28 heavy (non-hydrogen) atoms. The average Bonchev–Trinajstić information content (AvgIpc) is 3.15. The van der Waals surface area contributed by atoms with Crippen molar-refractivity contribution in [2.45, 2.75) is 45.4 Å². The lowest BCUT2D eigenvalue weighted by Gasteiger charge is -2.22. The van der Waals surface area contributed by atoms with Crippen LogP contribution in [0.3, 0.4) is 0 Å². The number of hydrogen-bond donors (Lipinski definition) is 0. The average molecular weight is 373 g/mol. The molecule has 0 aliphatic rings. The predicted molar refractivity (Wildman–Crippen MR) is 115 cm³/mol. The molecule has 0 spiro atoms. The van der Waals surface area contributed by atoms with Gasteiger partial charge in [0.05, 0.1) is 13.0 Å². The molecular formula is C25H27NO2. The van der Waals surface area contributed by atoms with E-state index in [4.69, 9.17) is 14.1 Å². The zero-order chi connectivity index (χ0) is 19.9. The SMILES string of the molecule is CCC(C)(C)c1ccc2nc(C(C)c3ccc4ccc(OC)cc4c3)oc2c1. The third kappa shape index (κ3) is 3.26. The molecule has 1 atom stereocenters.